The molecule has 0 radical (unpaired) electrons. The summed E-state index contributed by atoms with van der Waals surface area (Å²) in [6.45, 7) is 10.4. The van der Waals surface area contributed by atoms with Crippen LogP contribution in [0.1, 0.15) is 40.2 Å². The minimum absolute atomic E-state index is 0.677. The fourth-order valence-electron chi connectivity index (χ4n) is 1.68. The predicted molar refractivity (Wildman–Crippen MR) is 82.9 cm³/mol. The summed E-state index contributed by atoms with van der Waals surface area (Å²) >= 11 is 0. The van der Waals surface area contributed by atoms with Crippen LogP contribution in [0.5, 0.6) is 0 Å². The van der Waals surface area contributed by atoms with Crippen molar-refractivity contribution in [2.24, 2.45) is 0 Å². The number of aliphatic hydroxyl groups is 1. The van der Waals surface area contributed by atoms with E-state index in [2.05, 4.69) is 5.32 Å². The molecule has 0 spiro atoms. The van der Waals surface area contributed by atoms with Crippen LogP contribution in [0.2, 0.25) is 0 Å². The SMILES string of the molecule is CCNCc1ccccc1B(O)OC(C)(C)C(C)(C)O. The maximum absolute atomic E-state index is 10.3. The van der Waals surface area contributed by atoms with E-state index in [1.807, 2.05) is 31.2 Å². The van der Waals surface area contributed by atoms with Gasteiger partial charge in [0.15, 0.2) is 0 Å². The summed E-state index contributed by atoms with van der Waals surface area (Å²) < 4.78 is 5.69. The van der Waals surface area contributed by atoms with E-state index in [1.54, 1.807) is 27.7 Å². The number of hydrogen-bond acceptors (Lipinski definition) is 4. The number of nitrogens with one attached hydrogen (secondary N) is 1. The van der Waals surface area contributed by atoms with Gasteiger partial charge < -0.3 is 20.1 Å². The Kier molecular flexibility index (Phi) is 5.77. The van der Waals surface area contributed by atoms with Gasteiger partial charge in [0.1, 0.15) is 0 Å². The molecule has 0 aromatic heterocycles. The number of hydrogen-bond donors (Lipinski definition) is 3. The van der Waals surface area contributed by atoms with Crippen molar-refractivity contribution in [3.05, 3.63) is 29.8 Å². The van der Waals surface area contributed by atoms with Gasteiger partial charge in [-0.1, -0.05) is 31.2 Å². The molecule has 1 aromatic rings. The van der Waals surface area contributed by atoms with Crippen molar-refractivity contribution in [2.75, 3.05) is 6.54 Å². The Morgan fingerprint density at radius 2 is 1.80 bits per heavy atom. The Morgan fingerprint density at radius 3 is 2.35 bits per heavy atom. The molecule has 0 saturated heterocycles. The molecule has 0 saturated carbocycles. The van der Waals surface area contributed by atoms with E-state index >= 15 is 0 Å². The van der Waals surface area contributed by atoms with Crippen LogP contribution < -0.4 is 10.8 Å². The Balaban J connectivity index is 2.90. The van der Waals surface area contributed by atoms with Crippen LogP contribution in [-0.2, 0) is 11.2 Å². The summed E-state index contributed by atoms with van der Waals surface area (Å²) in [6, 6.07) is 7.61. The van der Waals surface area contributed by atoms with Crippen molar-refractivity contribution >= 4 is 12.6 Å². The quantitative estimate of drug-likeness (QED) is 0.653. The first kappa shape index (κ1) is 17.2. The third-order valence-corrected chi connectivity index (χ3v) is 3.77. The van der Waals surface area contributed by atoms with Gasteiger partial charge in [0.05, 0.1) is 11.2 Å². The fraction of sp³-hybridized carbons (Fsp3) is 0.600. The van der Waals surface area contributed by atoms with Gasteiger partial charge in [-0.3, -0.25) is 0 Å². The van der Waals surface area contributed by atoms with Gasteiger partial charge in [0, 0.05) is 6.54 Å². The maximum Gasteiger partial charge on any atom is 0.491 e. The van der Waals surface area contributed by atoms with E-state index in [-0.39, 0.29) is 0 Å². The van der Waals surface area contributed by atoms with Crippen LogP contribution in [0.15, 0.2) is 24.3 Å². The summed E-state index contributed by atoms with van der Waals surface area (Å²) in [5.74, 6) is 0. The first-order valence-corrected chi connectivity index (χ1v) is 7.06. The van der Waals surface area contributed by atoms with Gasteiger partial charge in [0.25, 0.3) is 0 Å². The van der Waals surface area contributed by atoms with Crippen molar-refractivity contribution in [1.29, 1.82) is 0 Å². The molecular formula is C15H26BNO3. The summed E-state index contributed by atoms with van der Waals surface area (Å²) in [4.78, 5) is 0. The molecule has 3 N–H and O–H groups in total. The minimum Gasteiger partial charge on any atom is -0.423 e. The van der Waals surface area contributed by atoms with Gasteiger partial charge in [-0.05, 0) is 45.3 Å². The highest BCUT2D eigenvalue weighted by atomic mass is 16.5. The van der Waals surface area contributed by atoms with Crippen LogP contribution in [0.25, 0.3) is 0 Å². The van der Waals surface area contributed by atoms with Gasteiger partial charge in [-0.15, -0.1) is 0 Å². The molecule has 0 aliphatic heterocycles. The lowest BCUT2D eigenvalue weighted by molar-refractivity contribution is -0.0982. The van der Waals surface area contributed by atoms with Gasteiger partial charge >= 0.3 is 7.12 Å². The molecule has 20 heavy (non-hydrogen) atoms. The first-order valence-electron chi connectivity index (χ1n) is 7.06. The topological polar surface area (TPSA) is 61.7 Å². The zero-order valence-corrected chi connectivity index (χ0v) is 13.1. The van der Waals surface area contributed by atoms with E-state index in [4.69, 9.17) is 4.65 Å². The summed E-state index contributed by atoms with van der Waals surface area (Å²) in [6.07, 6.45) is 0. The van der Waals surface area contributed by atoms with Crippen molar-refractivity contribution in [2.45, 2.75) is 52.4 Å². The lowest BCUT2D eigenvalue weighted by atomic mass is 9.74. The second kappa shape index (κ2) is 6.72. The van der Waals surface area contributed by atoms with E-state index in [9.17, 15) is 10.1 Å². The van der Waals surface area contributed by atoms with Crippen LogP contribution in [0.4, 0.5) is 0 Å². The molecule has 112 valence electrons. The van der Waals surface area contributed by atoms with Crippen molar-refractivity contribution in [1.82, 2.24) is 5.32 Å². The van der Waals surface area contributed by atoms with E-state index in [0.29, 0.717) is 6.54 Å². The maximum atomic E-state index is 10.3. The highest BCUT2D eigenvalue weighted by molar-refractivity contribution is 6.60. The molecule has 0 unspecified atom stereocenters. The average molecular weight is 279 g/mol. The largest absolute Gasteiger partial charge is 0.491 e. The monoisotopic (exact) mass is 279 g/mol. The van der Waals surface area contributed by atoms with Gasteiger partial charge in [0.2, 0.25) is 0 Å². The third-order valence-electron chi connectivity index (χ3n) is 3.77. The molecule has 0 atom stereocenters. The lowest BCUT2D eigenvalue weighted by Crippen LogP contribution is -2.53. The second-order valence-electron chi connectivity index (χ2n) is 6.02. The Morgan fingerprint density at radius 1 is 1.20 bits per heavy atom. The number of benzene rings is 1. The predicted octanol–water partition coefficient (Wildman–Crippen LogP) is 1.05. The van der Waals surface area contributed by atoms with Crippen LogP contribution in [0.3, 0.4) is 0 Å². The molecule has 1 rings (SSSR count). The van der Waals surface area contributed by atoms with E-state index in [1.165, 1.54) is 0 Å². The lowest BCUT2D eigenvalue weighted by Gasteiger charge is -2.38. The smallest absolute Gasteiger partial charge is 0.423 e. The van der Waals surface area contributed by atoms with E-state index < -0.39 is 18.3 Å². The van der Waals surface area contributed by atoms with Crippen molar-refractivity contribution < 1.29 is 14.8 Å². The summed E-state index contributed by atoms with van der Waals surface area (Å²) in [7, 11) is -1.06. The summed E-state index contributed by atoms with van der Waals surface area (Å²) in [5.41, 5.74) is -0.193. The van der Waals surface area contributed by atoms with Crippen LogP contribution >= 0.6 is 0 Å². The standard InChI is InChI=1S/C15H26BNO3/c1-6-17-11-12-9-7-8-10-13(12)16(19)20-15(4,5)14(2,3)18/h7-10,17-19H,6,11H2,1-5H3. The highest BCUT2D eigenvalue weighted by Crippen LogP contribution is 2.25. The zero-order chi connectivity index (χ0) is 15.4. The second-order valence-corrected chi connectivity index (χ2v) is 6.02. The highest BCUT2D eigenvalue weighted by Gasteiger charge is 2.39. The number of rotatable bonds is 7. The molecule has 0 aliphatic rings. The molecule has 4 nitrogen and oxygen atoms in total. The fourth-order valence-corrected chi connectivity index (χ4v) is 1.68. The molecule has 0 aliphatic carbocycles. The summed E-state index contributed by atoms with van der Waals surface area (Å²) in [5, 5.41) is 23.7. The molecule has 0 bridgehead atoms. The molecule has 0 amide bonds. The Labute approximate surface area is 122 Å². The molecule has 0 fully saturated rings. The first-order chi connectivity index (χ1) is 9.19. The zero-order valence-electron chi connectivity index (χ0n) is 13.1. The van der Waals surface area contributed by atoms with Crippen LogP contribution in [-0.4, -0.2) is 35.0 Å². The molecular weight excluding hydrogens is 253 g/mol. The van der Waals surface area contributed by atoms with E-state index in [0.717, 1.165) is 17.6 Å². The Bertz CT molecular complexity index is 429. The van der Waals surface area contributed by atoms with Gasteiger partial charge in [-0.25, -0.2) is 0 Å². The molecule has 0 heterocycles. The average Bonchev–Trinajstić information content (AvgIpc) is 2.34. The van der Waals surface area contributed by atoms with Crippen molar-refractivity contribution in [3.8, 4) is 0 Å². The molecule has 5 heteroatoms. The van der Waals surface area contributed by atoms with Crippen molar-refractivity contribution in [3.63, 3.8) is 0 Å². The third kappa shape index (κ3) is 4.31. The normalized spacial score (nSPS) is 12.6. The molecule has 1 aromatic carbocycles. The minimum atomic E-state index is -1.06. The van der Waals surface area contributed by atoms with Crippen LogP contribution in [0, 0.1) is 0 Å². The van der Waals surface area contributed by atoms with Gasteiger partial charge in [-0.2, -0.15) is 0 Å². The Hall–Kier alpha value is -0.875.